The summed E-state index contributed by atoms with van der Waals surface area (Å²) in [6.07, 6.45) is 2.89. The second-order valence-electron chi connectivity index (χ2n) is 5.63. The van der Waals surface area contributed by atoms with E-state index in [4.69, 9.17) is 4.52 Å². The van der Waals surface area contributed by atoms with Crippen LogP contribution in [-0.4, -0.2) is 22.6 Å². The number of carbonyl (C=O) groups excluding carboxylic acids is 1. The first-order valence-electron chi connectivity index (χ1n) is 7.46. The Kier molecular flexibility index (Phi) is 3.94. The lowest BCUT2D eigenvalue weighted by molar-refractivity contribution is 0.0948. The van der Waals surface area contributed by atoms with Crippen LogP contribution in [0.25, 0.3) is 0 Å². The third-order valence-corrected chi connectivity index (χ3v) is 4.16. The number of aromatic nitrogens is 2. The van der Waals surface area contributed by atoms with E-state index in [0.29, 0.717) is 23.6 Å². The Morgan fingerprint density at radius 2 is 2.18 bits per heavy atom. The van der Waals surface area contributed by atoms with Crippen molar-refractivity contribution in [1.82, 2.24) is 20.8 Å². The van der Waals surface area contributed by atoms with E-state index >= 15 is 0 Å². The van der Waals surface area contributed by atoms with Crippen LogP contribution in [0.1, 0.15) is 44.2 Å². The first-order chi connectivity index (χ1) is 10.6. The molecule has 116 valence electrons. The smallest absolute Gasteiger partial charge is 0.257 e. The van der Waals surface area contributed by atoms with E-state index in [-0.39, 0.29) is 5.91 Å². The second kappa shape index (κ2) is 5.88. The molecule has 2 aromatic heterocycles. The van der Waals surface area contributed by atoms with Crippen LogP contribution in [0.4, 0.5) is 0 Å². The van der Waals surface area contributed by atoms with Crippen LogP contribution in [0.3, 0.4) is 0 Å². The SMILES string of the molecule is Cc1ncc2c(c1CNC(=O)c1c(C)noc1C)CCNC2. The van der Waals surface area contributed by atoms with E-state index in [1.807, 2.05) is 13.1 Å². The summed E-state index contributed by atoms with van der Waals surface area (Å²) in [6, 6.07) is 0. The van der Waals surface area contributed by atoms with Crippen molar-refractivity contribution in [2.75, 3.05) is 6.54 Å². The number of nitrogens with zero attached hydrogens (tertiary/aromatic N) is 2. The molecule has 0 bridgehead atoms. The number of pyridine rings is 1. The molecule has 22 heavy (non-hydrogen) atoms. The van der Waals surface area contributed by atoms with Crippen LogP contribution < -0.4 is 10.6 Å². The minimum absolute atomic E-state index is 0.151. The number of hydrogen-bond donors (Lipinski definition) is 2. The molecule has 3 rings (SSSR count). The molecule has 3 heterocycles. The topological polar surface area (TPSA) is 80.1 Å². The third kappa shape index (κ3) is 2.62. The maximum Gasteiger partial charge on any atom is 0.257 e. The lowest BCUT2D eigenvalue weighted by Gasteiger charge is -2.21. The van der Waals surface area contributed by atoms with Gasteiger partial charge in [0.1, 0.15) is 11.3 Å². The highest BCUT2D eigenvalue weighted by Gasteiger charge is 2.19. The number of aryl methyl sites for hydroxylation is 3. The number of fused-ring (bicyclic) bond motifs is 1. The zero-order valence-electron chi connectivity index (χ0n) is 13.1. The Bertz CT molecular complexity index is 702. The van der Waals surface area contributed by atoms with Gasteiger partial charge in [-0.25, -0.2) is 0 Å². The van der Waals surface area contributed by atoms with Gasteiger partial charge in [0.15, 0.2) is 0 Å². The summed E-state index contributed by atoms with van der Waals surface area (Å²) < 4.78 is 5.05. The van der Waals surface area contributed by atoms with Crippen LogP contribution in [0.5, 0.6) is 0 Å². The van der Waals surface area contributed by atoms with Crippen LogP contribution >= 0.6 is 0 Å². The van der Waals surface area contributed by atoms with Crippen LogP contribution in [0.2, 0.25) is 0 Å². The fraction of sp³-hybridized carbons (Fsp3) is 0.438. The number of carbonyl (C=O) groups is 1. The largest absolute Gasteiger partial charge is 0.361 e. The van der Waals surface area contributed by atoms with Gasteiger partial charge in [0.2, 0.25) is 0 Å². The van der Waals surface area contributed by atoms with Crippen molar-refractivity contribution in [1.29, 1.82) is 0 Å². The van der Waals surface area contributed by atoms with E-state index < -0.39 is 0 Å². The quantitative estimate of drug-likeness (QED) is 0.899. The molecule has 0 aromatic carbocycles. The van der Waals surface area contributed by atoms with Crippen molar-refractivity contribution in [2.45, 2.75) is 40.3 Å². The Morgan fingerprint density at radius 1 is 1.36 bits per heavy atom. The van der Waals surface area contributed by atoms with Crippen molar-refractivity contribution >= 4 is 5.91 Å². The molecule has 0 radical (unpaired) electrons. The van der Waals surface area contributed by atoms with E-state index in [9.17, 15) is 4.79 Å². The van der Waals surface area contributed by atoms with E-state index in [2.05, 4.69) is 20.8 Å². The Labute approximate surface area is 129 Å². The van der Waals surface area contributed by atoms with Gasteiger partial charge >= 0.3 is 0 Å². The molecule has 0 fully saturated rings. The Hall–Kier alpha value is -2.21. The highest BCUT2D eigenvalue weighted by Crippen LogP contribution is 2.20. The first-order valence-corrected chi connectivity index (χ1v) is 7.46. The molecule has 1 amide bonds. The Morgan fingerprint density at radius 3 is 2.91 bits per heavy atom. The first kappa shape index (κ1) is 14.7. The molecular formula is C16H20N4O2. The van der Waals surface area contributed by atoms with Gasteiger partial charge in [-0.1, -0.05) is 5.16 Å². The summed E-state index contributed by atoms with van der Waals surface area (Å²) in [7, 11) is 0. The normalized spacial score (nSPS) is 13.8. The molecule has 6 heteroatoms. The summed E-state index contributed by atoms with van der Waals surface area (Å²) in [5.74, 6) is 0.395. The van der Waals surface area contributed by atoms with Crippen molar-refractivity contribution in [3.63, 3.8) is 0 Å². The average molecular weight is 300 g/mol. The summed E-state index contributed by atoms with van der Waals surface area (Å²) >= 11 is 0. The van der Waals surface area contributed by atoms with Crippen LogP contribution in [0.15, 0.2) is 10.7 Å². The lowest BCUT2D eigenvalue weighted by atomic mass is 9.96. The summed E-state index contributed by atoms with van der Waals surface area (Å²) in [6.45, 7) is 7.78. The highest BCUT2D eigenvalue weighted by atomic mass is 16.5. The molecular weight excluding hydrogens is 280 g/mol. The number of hydrogen-bond acceptors (Lipinski definition) is 5. The number of nitrogens with one attached hydrogen (secondary N) is 2. The maximum absolute atomic E-state index is 12.4. The van der Waals surface area contributed by atoms with Crippen molar-refractivity contribution < 1.29 is 9.32 Å². The van der Waals surface area contributed by atoms with Gasteiger partial charge in [0.05, 0.1) is 5.69 Å². The Balaban J connectivity index is 1.81. The van der Waals surface area contributed by atoms with Crippen molar-refractivity contribution in [3.05, 3.63) is 45.6 Å². The summed E-state index contributed by atoms with van der Waals surface area (Å²) in [5.41, 5.74) is 5.77. The van der Waals surface area contributed by atoms with Gasteiger partial charge in [-0.15, -0.1) is 0 Å². The molecule has 0 saturated heterocycles. The van der Waals surface area contributed by atoms with Gasteiger partial charge in [-0.05, 0) is 50.4 Å². The molecule has 0 spiro atoms. The van der Waals surface area contributed by atoms with Crippen LogP contribution in [-0.2, 0) is 19.5 Å². The van der Waals surface area contributed by atoms with E-state index in [1.165, 1.54) is 11.1 Å². The zero-order valence-corrected chi connectivity index (χ0v) is 13.1. The fourth-order valence-electron chi connectivity index (χ4n) is 2.94. The highest BCUT2D eigenvalue weighted by molar-refractivity contribution is 5.96. The van der Waals surface area contributed by atoms with Crippen molar-refractivity contribution in [2.24, 2.45) is 0 Å². The standard InChI is InChI=1S/C16H20N4O2/c1-9-14(13-4-5-17-6-12(13)7-18-9)8-19-16(21)15-10(2)20-22-11(15)3/h7,17H,4-6,8H2,1-3H3,(H,19,21). The van der Waals surface area contributed by atoms with E-state index in [0.717, 1.165) is 30.8 Å². The minimum atomic E-state index is -0.151. The van der Waals surface area contributed by atoms with Gasteiger partial charge in [-0.2, -0.15) is 0 Å². The van der Waals surface area contributed by atoms with E-state index in [1.54, 1.807) is 13.8 Å². The average Bonchev–Trinajstić information content (AvgIpc) is 2.85. The van der Waals surface area contributed by atoms with Gasteiger partial charge in [0, 0.05) is 25.0 Å². The summed E-state index contributed by atoms with van der Waals surface area (Å²) in [5, 5.41) is 10.1. The van der Waals surface area contributed by atoms with Gasteiger partial charge in [-0.3, -0.25) is 9.78 Å². The molecule has 6 nitrogen and oxygen atoms in total. The maximum atomic E-state index is 12.4. The summed E-state index contributed by atoms with van der Waals surface area (Å²) in [4.78, 5) is 16.8. The molecule has 0 atom stereocenters. The molecule has 0 saturated carbocycles. The fourth-order valence-corrected chi connectivity index (χ4v) is 2.94. The van der Waals surface area contributed by atoms with Crippen molar-refractivity contribution in [3.8, 4) is 0 Å². The van der Waals surface area contributed by atoms with Gasteiger partial charge < -0.3 is 15.2 Å². The third-order valence-electron chi connectivity index (χ3n) is 4.16. The molecule has 0 aliphatic carbocycles. The molecule has 2 N–H and O–H groups in total. The predicted octanol–water partition coefficient (Wildman–Crippen LogP) is 1.57. The molecule has 0 unspecified atom stereocenters. The van der Waals surface area contributed by atoms with Crippen LogP contribution in [0, 0.1) is 20.8 Å². The lowest BCUT2D eigenvalue weighted by Crippen LogP contribution is -2.29. The molecule has 1 aliphatic rings. The second-order valence-corrected chi connectivity index (χ2v) is 5.63. The molecule has 2 aromatic rings. The monoisotopic (exact) mass is 300 g/mol. The molecule has 1 aliphatic heterocycles. The number of amides is 1. The minimum Gasteiger partial charge on any atom is -0.361 e. The number of rotatable bonds is 3. The zero-order chi connectivity index (χ0) is 15.7. The van der Waals surface area contributed by atoms with Gasteiger partial charge in [0.25, 0.3) is 5.91 Å². The predicted molar refractivity (Wildman–Crippen MR) is 81.5 cm³/mol.